The number of aromatic nitrogens is 1. The lowest BCUT2D eigenvalue weighted by Crippen LogP contribution is -2.55. The van der Waals surface area contributed by atoms with Crippen LogP contribution in [0.3, 0.4) is 0 Å². The van der Waals surface area contributed by atoms with E-state index in [-0.39, 0.29) is 23.6 Å². The minimum atomic E-state index is -2.39. The summed E-state index contributed by atoms with van der Waals surface area (Å²) < 4.78 is 39.0. The summed E-state index contributed by atoms with van der Waals surface area (Å²) in [5.74, 6) is -0.455. The summed E-state index contributed by atoms with van der Waals surface area (Å²) in [4.78, 5) is 5.90. The Morgan fingerprint density at radius 3 is 2.50 bits per heavy atom. The van der Waals surface area contributed by atoms with Crippen LogP contribution in [-0.4, -0.2) is 39.9 Å². The lowest BCUT2D eigenvalue weighted by molar-refractivity contribution is 0.0399. The van der Waals surface area contributed by atoms with Gasteiger partial charge in [-0.1, -0.05) is 24.4 Å². The number of hydrogen-bond acceptors (Lipinski definition) is 3. The molecule has 2 aliphatic heterocycles. The second kappa shape index (κ2) is 5.62. The van der Waals surface area contributed by atoms with Gasteiger partial charge in [0.1, 0.15) is 5.82 Å². The number of piperidine rings is 1. The molecule has 2 bridgehead atoms. The van der Waals surface area contributed by atoms with Crippen molar-refractivity contribution in [1.29, 1.82) is 0 Å². The molecule has 1 aromatic rings. The molecule has 0 radical (unpaired) electrons. The van der Waals surface area contributed by atoms with Gasteiger partial charge in [-0.15, -0.1) is 0 Å². The first-order valence-electron chi connectivity index (χ1n) is 7.05. The van der Waals surface area contributed by atoms with Gasteiger partial charge in [-0.2, -0.15) is 0 Å². The van der Waals surface area contributed by atoms with Crippen molar-refractivity contribution in [3.63, 3.8) is 0 Å². The molecule has 0 aromatic carbocycles. The van der Waals surface area contributed by atoms with Crippen molar-refractivity contribution in [2.45, 2.75) is 36.8 Å². The number of hydrogen-bond donors (Lipinski definition) is 1. The van der Waals surface area contributed by atoms with E-state index in [1.54, 1.807) is 11.1 Å². The zero-order valence-electron chi connectivity index (χ0n) is 11.8. The predicted octanol–water partition coefficient (Wildman–Crippen LogP) is 2.41. The first-order chi connectivity index (χ1) is 10.4. The van der Waals surface area contributed by atoms with Crippen LogP contribution in [-0.2, 0) is 5.41 Å². The van der Waals surface area contributed by atoms with Crippen molar-refractivity contribution in [1.82, 2.24) is 9.88 Å². The van der Waals surface area contributed by atoms with Crippen molar-refractivity contribution in [2.75, 3.05) is 6.54 Å². The average molecular weight is 327 g/mol. The molecule has 2 aliphatic rings. The first kappa shape index (κ1) is 15.4. The highest BCUT2D eigenvalue weighted by Crippen LogP contribution is 2.45. The van der Waals surface area contributed by atoms with Crippen molar-refractivity contribution < 1.29 is 13.2 Å². The SMILES string of the molecule is NC(=S)C1(c2cncc(F)c2)CC2C=CC(C1)N2CC(F)F. The highest BCUT2D eigenvalue weighted by Gasteiger charge is 2.49. The Bertz CT molecular complexity index is 604. The summed E-state index contributed by atoms with van der Waals surface area (Å²) in [6.45, 7) is -0.281. The molecule has 0 aliphatic carbocycles. The Labute approximate surface area is 132 Å². The highest BCUT2D eigenvalue weighted by molar-refractivity contribution is 7.80. The van der Waals surface area contributed by atoms with Gasteiger partial charge in [0.25, 0.3) is 6.43 Å². The Morgan fingerprint density at radius 1 is 1.36 bits per heavy atom. The highest BCUT2D eigenvalue weighted by atomic mass is 32.1. The molecule has 1 saturated heterocycles. The Kier molecular flexibility index (Phi) is 3.94. The summed E-state index contributed by atoms with van der Waals surface area (Å²) in [6.07, 6.45) is 5.05. The summed E-state index contributed by atoms with van der Waals surface area (Å²) in [5.41, 5.74) is 5.88. The van der Waals surface area contributed by atoms with E-state index in [4.69, 9.17) is 18.0 Å². The number of alkyl halides is 2. The molecular weight excluding hydrogens is 311 g/mol. The van der Waals surface area contributed by atoms with Crippen molar-refractivity contribution in [3.05, 3.63) is 42.0 Å². The third-order valence-electron chi connectivity index (χ3n) is 4.60. The van der Waals surface area contributed by atoms with E-state index in [9.17, 15) is 13.2 Å². The van der Waals surface area contributed by atoms with E-state index < -0.39 is 17.7 Å². The Morgan fingerprint density at radius 2 is 2.00 bits per heavy atom. The second-order valence-electron chi connectivity index (χ2n) is 5.85. The average Bonchev–Trinajstić information content (AvgIpc) is 2.70. The summed E-state index contributed by atoms with van der Waals surface area (Å²) in [6, 6.07) is 1.05. The maximum Gasteiger partial charge on any atom is 0.251 e. The van der Waals surface area contributed by atoms with Crippen LogP contribution >= 0.6 is 12.2 Å². The summed E-state index contributed by atoms with van der Waals surface area (Å²) >= 11 is 5.25. The van der Waals surface area contributed by atoms with E-state index in [0.29, 0.717) is 18.4 Å². The summed E-state index contributed by atoms with van der Waals surface area (Å²) in [5, 5.41) is 0. The van der Waals surface area contributed by atoms with Crippen LogP contribution in [0.25, 0.3) is 0 Å². The fraction of sp³-hybridized carbons (Fsp3) is 0.467. The molecule has 2 atom stereocenters. The quantitative estimate of drug-likeness (QED) is 0.681. The molecule has 2 unspecified atom stereocenters. The monoisotopic (exact) mass is 327 g/mol. The van der Waals surface area contributed by atoms with Gasteiger partial charge >= 0.3 is 0 Å². The van der Waals surface area contributed by atoms with E-state index >= 15 is 0 Å². The van der Waals surface area contributed by atoms with Gasteiger partial charge in [0.05, 0.1) is 23.1 Å². The smallest absolute Gasteiger partial charge is 0.251 e. The fourth-order valence-corrected chi connectivity index (χ4v) is 3.86. The van der Waals surface area contributed by atoms with Crippen molar-refractivity contribution in [3.8, 4) is 0 Å². The van der Waals surface area contributed by atoms with Gasteiger partial charge in [-0.05, 0) is 24.5 Å². The van der Waals surface area contributed by atoms with Gasteiger partial charge in [-0.25, -0.2) is 13.2 Å². The molecule has 118 valence electrons. The van der Waals surface area contributed by atoms with Crippen LogP contribution in [0.1, 0.15) is 18.4 Å². The summed E-state index contributed by atoms with van der Waals surface area (Å²) in [7, 11) is 0. The van der Waals surface area contributed by atoms with E-state index in [0.717, 1.165) is 6.20 Å². The first-order valence-corrected chi connectivity index (χ1v) is 7.46. The molecule has 0 amide bonds. The van der Waals surface area contributed by atoms with Crippen LogP contribution in [0.2, 0.25) is 0 Å². The fourth-order valence-electron chi connectivity index (χ4n) is 3.57. The van der Waals surface area contributed by atoms with Gasteiger partial charge in [-0.3, -0.25) is 9.88 Å². The lowest BCUT2D eigenvalue weighted by Gasteiger charge is -2.46. The van der Waals surface area contributed by atoms with Gasteiger partial charge in [0, 0.05) is 18.3 Å². The standard InChI is InChI=1S/C15H16F3N3S/c16-10-3-9(6-20-7-10)15(14(19)22)4-11-1-2-12(5-15)21(11)8-13(17)18/h1-3,6-7,11-13H,4-5,8H2,(H2,19,22). The topological polar surface area (TPSA) is 42.1 Å². The number of thiocarbonyl (C=S) groups is 1. The maximum absolute atomic E-state index is 13.5. The number of halogens is 3. The van der Waals surface area contributed by atoms with Crippen LogP contribution in [0, 0.1) is 5.82 Å². The minimum absolute atomic E-state index is 0.169. The largest absolute Gasteiger partial charge is 0.393 e. The number of fused-ring (bicyclic) bond motifs is 2. The van der Waals surface area contributed by atoms with E-state index in [1.165, 1.54) is 6.07 Å². The molecule has 7 heteroatoms. The van der Waals surface area contributed by atoms with Crippen LogP contribution in [0.15, 0.2) is 30.6 Å². The number of nitrogens with zero attached hydrogens (tertiary/aromatic N) is 2. The van der Waals surface area contributed by atoms with Crippen molar-refractivity contribution in [2.24, 2.45) is 5.73 Å². The molecular formula is C15H16F3N3S. The molecule has 2 N–H and O–H groups in total. The molecule has 3 heterocycles. The van der Waals surface area contributed by atoms with Gasteiger partial charge in [0.15, 0.2) is 0 Å². The van der Waals surface area contributed by atoms with Crippen LogP contribution < -0.4 is 5.73 Å². The number of rotatable bonds is 4. The molecule has 3 nitrogen and oxygen atoms in total. The zero-order chi connectivity index (χ0) is 15.9. The van der Waals surface area contributed by atoms with Crippen LogP contribution in [0.4, 0.5) is 13.2 Å². The lowest BCUT2D eigenvalue weighted by atomic mass is 9.70. The zero-order valence-corrected chi connectivity index (χ0v) is 12.6. The second-order valence-corrected chi connectivity index (χ2v) is 6.29. The van der Waals surface area contributed by atoms with E-state index in [1.807, 2.05) is 12.2 Å². The predicted molar refractivity (Wildman–Crippen MR) is 81.3 cm³/mol. The van der Waals surface area contributed by atoms with Crippen molar-refractivity contribution >= 4 is 17.2 Å². The number of nitrogens with two attached hydrogens (primary N) is 1. The normalized spacial score (nSPS) is 30.9. The third kappa shape index (κ3) is 2.52. The third-order valence-corrected chi connectivity index (χ3v) is 4.99. The number of pyridine rings is 1. The molecule has 3 rings (SSSR count). The maximum atomic E-state index is 13.5. The van der Waals surface area contributed by atoms with Crippen LogP contribution in [0.5, 0.6) is 0 Å². The van der Waals surface area contributed by atoms with E-state index in [2.05, 4.69) is 4.98 Å². The Balaban J connectivity index is 1.94. The molecule has 22 heavy (non-hydrogen) atoms. The van der Waals surface area contributed by atoms with Gasteiger partial charge < -0.3 is 5.73 Å². The minimum Gasteiger partial charge on any atom is -0.393 e. The molecule has 1 aromatic heterocycles. The molecule has 0 spiro atoms. The Hall–Kier alpha value is -1.47. The molecule has 0 saturated carbocycles. The molecule has 1 fully saturated rings. The van der Waals surface area contributed by atoms with Gasteiger partial charge in [0.2, 0.25) is 0 Å².